The molecule has 1 atom stereocenters. The molecule has 0 aromatic rings. The molecule has 12 heavy (non-hydrogen) atoms. The van der Waals surface area contributed by atoms with Crippen LogP contribution in [0.25, 0.3) is 0 Å². The van der Waals surface area contributed by atoms with Gasteiger partial charge in [-0.05, 0) is 16.8 Å². The molecule has 0 N–H and O–H groups in total. The second kappa shape index (κ2) is 9.88. The quantitative estimate of drug-likeness (QED) is 0.274. The van der Waals surface area contributed by atoms with Crippen molar-refractivity contribution in [2.24, 2.45) is 5.92 Å². The summed E-state index contributed by atoms with van der Waals surface area (Å²) in [6.07, 6.45) is 8.57. The van der Waals surface area contributed by atoms with Crippen LogP contribution in [0, 0.1) is 5.92 Å². The maximum atomic E-state index is 2.48. The standard InChI is InChI=1S/C10H22BI/c1-3-4-7-11-8-5-10(2)6-9-12/h10-11H,3-9H2,1-2H3/t10-/m0/s1. The first kappa shape index (κ1) is 12.8. The Balaban J connectivity index is 2.97. The van der Waals surface area contributed by atoms with Gasteiger partial charge in [-0.3, -0.25) is 0 Å². The Kier molecular flexibility index (Phi) is 10.5. The predicted molar refractivity (Wildman–Crippen MR) is 69.0 cm³/mol. The average molecular weight is 280 g/mol. The van der Waals surface area contributed by atoms with E-state index in [1.165, 1.54) is 50.0 Å². The van der Waals surface area contributed by atoms with Crippen LogP contribution >= 0.6 is 22.6 Å². The van der Waals surface area contributed by atoms with E-state index in [4.69, 9.17) is 0 Å². The maximum Gasteiger partial charge on any atom is 0.120 e. The summed E-state index contributed by atoms with van der Waals surface area (Å²) < 4.78 is 1.33. The first-order valence-corrected chi connectivity index (χ1v) is 6.89. The zero-order chi connectivity index (χ0) is 9.23. The third-order valence-corrected chi connectivity index (χ3v) is 3.03. The summed E-state index contributed by atoms with van der Waals surface area (Å²) in [6, 6.07) is 0. The molecule has 0 nitrogen and oxygen atoms in total. The summed E-state index contributed by atoms with van der Waals surface area (Å²) in [5.74, 6) is 0.962. The van der Waals surface area contributed by atoms with E-state index < -0.39 is 0 Å². The van der Waals surface area contributed by atoms with Gasteiger partial charge in [0.2, 0.25) is 0 Å². The van der Waals surface area contributed by atoms with E-state index in [0.717, 1.165) is 5.92 Å². The number of halogens is 1. The lowest BCUT2D eigenvalue weighted by Crippen LogP contribution is -1.98. The molecule has 0 bridgehead atoms. The zero-order valence-corrected chi connectivity index (χ0v) is 10.8. The zero-order valence-electron chi connectivity index (χ0n) is 8.61. The maximum absolute atomic E-state index is 2.48. The highest BCUT2D eigenvalue weighted by molar-refractivity contribution is 14.1. The van der Waals surface area contributed by atoms with Crippen LogP contribution in [0.3, 0.4) is 0 Å². The van der Waals surface area contributed by atoms with Crippen molar-refractivity contribution in [3.8, 4) is 0 Å². The fraction of sp³-hybridized carbons (Fsp3) is 1.00. The summed E-state index contributed by atoms with van der Waals surface area (Å²) in [6.45, 7) is 4.66. The summed E-state index contributed by atoms with van der Waals surface area (Å²) in [4.78, 5) is 0. The molecule has 0 spiro atoms. The highest BCUT2D eigenvalue weighted by Gasteiger charge is 2.00. The number of hydrogen-bond acceptors (Lipinski definition) is 0. The molecule has 2 heteroatoms. The molecule has 0 saturated carbocycles. The Morgan fingerprint density at radius 2 is 2.00 bits per heavy atom. The molecule has 0 aliphatic carbocycles. The Morgan fingerprint density at radius 1 is 1.25 bits per heavy atom. The Labute approximate surface area is 92.3 Å². The second-order valence-electron chi connectivity index (χ2n) is 3.79. The molecule has 0 aliphatic rings. The average Bonchev–Trinajstić information content (AvgIpc) is 2.05. The second-order valence-corrected chi connectivity index (χ2v) is 4.86. The van der Waals surface area contributed by atoms with E-state index in [1.54, 1.807) is 0 Å². The molecule has 0 fully saturated rings. The molecule has 0 aliphatic heterocycles. The van der Waals surface area contributed by atoms with Gasteiger partial charge in [-0.2, -0.15) is 0 Å². The van der Waals surface area contributed by atoms with Crippen molar-refractivity contribution in [1.29, 1.82) is 0 Å². The normalized spacial score (nSPS) is 12.9. The predicted octanol–water partition coefficient (Wildman–Crippen LogP) is 3.91. The van der Waals surface area contributed by atoms with Crippen LogP contribution in [0.1, 0.15) is 39.5 Å². The molecular weight excluding hydrogens is 258 g/mol. The molecule has 0 rings (SSSR count). The van der Waals surface area contributed by atoms with Crippen LogP contribution in [0.2, 0.25) is 12.6 Å². The smallest absolute Gasteiger partial charge is 0.0864 e. The minimum absolute atomic E-state index is 0.962. The molecule has 0 heterocycles. The van der Waals surface area contributed by atoms with Crippen molar-refractivity contribution in [3.05, 3.63) is 0 Å². The van der Waals surface area contributed by atoms with Crippen LogP contribution in [-0.2, 0) is 0 Å². The molecule has 0 amide bonds. The fourth-order valence-electron chi connectivity index (χ4n) is 1.43. The minimum atomic E-state index is 0.962. The Hall–Kier alpha value is 0.795. The van der Waals surface area contributed by atoms with Gasteiger partial charge in [-0.25, -0.2) is 0 Å². The van der Waals surface area contributed by atoms with Gasteiger partial charge in [0.05, 0.1) is 0 Å². The molecule has 0 unspecified atom stereocenters. The van der Waals surface area contributed by atoms with Crippen LogP contribution in [0.4, 0.5) is 0 Å². The van der Waals surface area contributed by atoms with Crippen LogP contribution in [0.5, 0.6) is 0 Å². The van der Waals surface area contributed by atoms with E-state index >= 15 is 0 Å². The minimum Gasteiger partial charge on any atom is -0.0864 e. The molecule has 0 radical (unpaired) electrons. The Morgan fingerprint density at radius 3 is 2.58 bits per heavy atom. The number of hydrogen-bond donors (Lipinski definition) is 0. The van der Waals surface area contributed by atoms with Gasteiger partial charge < -0.3 is 0 Å². The highest BCUT2D eigenvalue weighted by Crippen LogP contribution is 2.12. The van der Waals surface area contributed by atoms with Crippen molar-refractivity contribution in [3.63, 3.8) is 0 Å². The van der Waals surface area contributed by atoms with Gasteiger partial charge in [0.1, 0.15) is 7.28 Å². The monoisotopic (exact) mass is 280 g/mol. The van der Waals surface area contributed by atoms with E-state index in [9.17, 15) is 0 Å². The lowest BCUT2D eigenvalue weighted by atomic mass is 9.67. The van der Waals surface area contributed by atoms with Crippen molar-refractivity contribution in [2.75, 3.05) is 4.43 Å². The lowest BCUT2D eigenvalue weighted by Gasteiger charge is -2.07. The van der Waals surface area contributed by atoms with Crippen molar-refractivity contribution in [1.82, 2.24) is 0 Å². The molecule has 0 aromatic heterocycles. The van der Waals surface area contributed by atoms with Gasteiger partial charge >= 0.3 is 0 Å². The van der Waals surface area contributed by atoms with Gasteiger partial charge in [-0.1, -0.05) is 68.3 Å². The Bertz CT molecular complexity index is 85.9. The third-order valence-electron chi connectivity index (χ3n) is 2.40. The first-order valence-electron chi connectivity index (χ1n) is 5.37. The summed E-state index contributed by atoms with van der Waals surface area (Å²) in [5.41, 5.74) is 0. The highest BCUT2D eigenvalue weighted by atomic mass is 127. The SMILES string of the molecule is CCCCBCC[C@H](C)CCI. The van der Waals surface area contributed by atoms with Crippen molar-refractivity contribution >= 4 is 29.9 Å². The van der Waals surface area contributed by atoms with E-state index in [2.05, 4.69) is 36.4 Å². The third kappa shape index (κ3) is 8.89. The lowest BCUT2D eigenvalue weighted by molar-refractivity contribution is 0.550. The van der Waals surface area contributed by atoms with Gasteiger partial charge in [-0.15, -0.1) is 0 Å². The topological polar surface area (TPSA) is 0 Å². The summed E-state index contributed by atoms with van der Waals surface area (Å²) in [7, 11) is 1.46. The molecule has 0 aromatic carbocycles. The van der Waals surface area contributed by atoms with Crippen LogP contribution in [0.15, 0.2) is 0 Å². The molecule has 0 saturated heterocycles. The van der Waals surface area contributed by atoms with Crippen LogP contribution in [-0.4, -0.2) is 11.7 Å². The fourth-order valence-corrected chi connectivity index (χ4v) is 2.49. The van der Waals surface area contributed by atoms with Gasteiger partial charge in [0, 0.05) is 0 Å². The first-order chi connectivity index (χ1) is 5.81. The summed E-state index contributed by atoms with van der Waals surface area (Å²) in [5, 5.41) is 0. The molecular formula is C10H22BI. The van der Waals surface area contributed by atoms with E-state index in [0.29, 0.717) is 0 Å². The largest absolute Gasteiger partial charge is 0.120 e. The van der Waals surface area contributed by atoms with Crippen LogP contribution < -0.4 is 0 Å². The van der Waals surface area contributed by atoms with E-state index in [-0.39, 0.29) is 0 Å². The number of unbranched alkanes of at least 4 members (excludes halogenated alkanes) is 1. The van der Waals surface area contributed by atoms with Crippen molar-refractivity contribution in [2.45, 2.75) is 52.2 Å². The van der Waals surface area contributed by atoms with E-state index in [1.807, 2.05) is 0 Å². The summed E-state index contributed by atoms with van der Waals surface area (Å²) >= 11 is 2.48. The van der Waals surface area contributed by atoms with Gasteiger partial charge in [0.15, 0.2) is 0 Å². The number of alkyl halides is 1. The molecule has 72 valence electrons. The van der Waals surface area contributed by atoms with Crippen molar-refractivity contribution < 1.29 is 0 Å². The number of rotatable bonds is 8. The van der Waals surface area contributed by atoms with Gasteiger partial charge in [0.25, 0.3) is 0 Å².